The van der Waals surface area contributed by atoms with Crippen LogP contribution in [-0.4, -0.2) is 19.9 Å². The van der Waals surface area contributed by atoms with E-state index in [2.05, 4.69) is 82.1 Å². The monoisotopic (exact) mass is 770 g/mol. The van der Waals surface area contributed by atoms with Crippen molar-refractivity contribution in [3.05, 3.63) is 79.4 Å². The van der Waals surface area contributed by atoms with Gasteiger partial charge in [-0.3, -0.25) is 0 Å². The lowest BCUT2D eigenvalue weighted by molar-refractivity contribution is 0.670. The minimum Gasteiger partial charge on any atom is -0.223 e. The third-order valence-electron chi connectivity index (χ3n) is 8.59. The van der Waals surface area contributed by atoms with E-state index in [-0.39, 0.29) is 0 Å². The lowest BCUT2D eigenvalue weighted by Crippen LogP contribution is -2.00. The van der Waals surface area contributed by atoms with Gasteiger partial charge >= 0.3 is 0 Å². The lowest BCUT2D eigenvalue weighted by Gasteiger charge is -2.11. The quantitative estimate of drug-likeness (QED) is 0.0917. The molecule has 0 aliphatic heterocycles. The number of hydrogen-bond acceptors (Lipinski definition) is 6. The molecule has 8 heteroatoms. The molecule has 0 saturated carbocycles. The van der Waals surface area contributed by atoms with Crippen molar-refractivity contribution in [2.75, 3.05) is 0 Å². The summed E-state index contributed by atoms with van der Waals surface area (Å²) in [5.41, 5.74) is 6.64. The van der Waals surface area contributed by atoms with Crippen LogP contribution in [0.4, 0.5) is 0 Å². The van der Waals surface area contributed by atoms with Crippen molar-refractivity contribution in [3.63, 3.8) is 0 Å². The zero-order valence-electron chi connectivity index (χ0n) is 26.2. The van der Waals surface area contributed by atoms with Gasteiger partial charge in [0.2, 0.25) is 0 Å². The number of hydrogen-bond donors (Lipinski definition) is 0. The topological polar surface area (TPSA) is 51.6 Å². The third kappa shape index (κ3) is 6.51. The molecule has 0 fully saturated rings. The first-order valence-corrected chi connectivity index (χ1v) is 19.6. The number of benzene rings is 3. The van der Waals surface area contributed by atoms with Gasteiger partial charge in [-0.25, -0.2) is 19.9 Å². The average Bonchev–Trinajstić information content (AvgIpc) is 3.70. The van der Waals surface area contributed by atoms with Gasteiger partial charge in [0.1, 0.15) is 11.0 Å². The molecule has 7 rings (SSSR count). The molecule has 3 aromatic carbocycles. The van der Waals surface area contributed by atoms with Gasteiger partial charge in [-0.05, 0) is 62.1 Å². The molecule has 46 heavy (non-hydrogen) atoms. The number of thiophene rings is 2. The number of nitrogens with zero attached hydrogens (tertiary/aromatic N) is 4. The van der Waals surface area contributed by atoms with Gasteiger partial charge in [-0.15, -0.1) is 22.7 Å². The lowest BCUT2D eigenvalue weighted by atomic mass is 10.0. The second kappa shape index (κ2) is 14.1. The first-order chi connectivity index (χ1) is 22.5. The molecule has 0 aliphatic rings. The Morgan fingerprint density at radius 2 is 0.935 bits per heavy atom. The molecule has 0 bridgehead atoms. The van der Waals surface area contributed by atoms with E-state index in [0.29, 0.717) is 11.3 Å². The smallest absolute Gasteiger partial charge is 0.199 e. The predicted octanol–water partition coefficient (Wildman–Crippen LogP) is 13.1. The first-order valence-electron chi connectivity index (χ1n) is 16.4. The highest BCUT2D eigenvalue weighted by molar-refractivity contribution is 9.10. The maximum atomic E-state index is 5.29. The standard InChI is InChI=1S/C38H36Br2N4S2/c1-3-5-7-9-11-27-21-29-33-34(30-22-28(12-10-8-6-4-2)46-36(30)35(29)45-27)44-38-37(43-33)41-31(23-13-17-25(39)18-14-23)32(42-38)24-15-19-26(40)20-16-24/h13-22H,3-12H2,1-2H3. The Balaban J connectivity index is 1.44. The van der Waals surface area contributed by atoms with E-state index in [1.807, 2.05) is 46.9 Å². The minimum atomic E-state index is 0.581. The maximum Gasteiger partial charge on any atom is 0.199 e. The molecule has 7 aromatic rings. The number of aromatic nitrogens is 4. The maximum absolute atomic E-state index is 5.29. The van der Waals surface area contributed by atoms with Crippen molar-refractivity contribution in [2.24, 2.45) is 0 Å². The predicted molar refractivity (Wildman–Crippen MR) is 205 cm³/mol. The molecular formula is C38H36Br2N4S2. The Labute approximate surface area is 295 Å². The average molecular weight is 773 g/mol. The van der Waals surface area contributed by atoms with Crippen LogP contribution in [0.1, 0.15) is 75.0 Å². The van der Waals surface area contributed by atoms with Crippen LogP contribution in [-0.2, 0) is 12.8 Å². The van der Waals surface area contributed by atoms with Crippen LogP contribution >= 0.6 is 54.5 Å². The molecular weight excluding hydrogens is 736 g/mol. The summed E-state index contributed by atoms with van der Waals surface area (Å²) in [6.07, 6.45) is 12.3. The van der Waals surface area contributed by atoms with E-state index < -0.39 is 0 Å². The largest absolute Gasteiger partial charge is 0.223 e. The SMILES string of the molecule is CCCCCCc1cc2c3nc4nc(-c5ccc(Br)cc5)c(-c5ccc(Br)cc5)nc4nc3c3cc(CCCCCC)sc3c2s1. The Kier molecular flexibility index (Phi) is 9.78. The van der Waals surface area contributed by atoms with Crippen LogP contribution in [0.2, 0.25) is 0 Å². The summed E-state index contributed by atoms with van der Waals surface area (Å²) in [5, 5.41) is 2.41. The second-order valence-electron chi connectivity index (χ2n) is 12.0. The molecule has 0 radical (unpaired) electrons. The van der Waals surface area contributed by atoms with Crippen LogP contribution in [0.3, 0.4) is 0 Å². The van der Waals surface area contributed by atoms with E-state index in [1.165, 1.54) is 81.3 Å². The van der Waals surface area contributed by atoms with Gasteiger partial charge in [0, 0.05) is 40.6 Å². The summed E-state index contributed by atoms with van der Waals surface area (Å²) in [4.78, 5) is 23.8. The fourth-order valence-corrected chi connectivity index (χ4v) is 9.24. The Morgan fingerprint density at radius 1 is 0.522 bits per heavy atom. The summed E-state index contributed by atoms with van der Waals surface area (Å²) in [5.74, 6) is 0. The highest BCUT2D eigenvalue weighted by Crippen LogP contribution is 2.43. The summed E-state index contributed by atoms with van der Waals surface area (Å²) in [7, 11) is 0. The normalized spacial score (nSPS) is 11.9. The molecule has 4 heterocycles. The molecule has 4 nitrogen and oxygen atoms in total. The molecule has 234 valence electrons. The molecule has 0 aliphatic carbocycles. The second-order valence-corrected chi connectivity index (χ2v) is 16.1. The van der Waals surface area contributed by atoms with Crippen molar-refractivity contribution in [1.82, 2.24) is 19.9 Å². The van der Waals surface area contributed by atoms with Gasteiger partial charge in [0.25, 0.3) is 0 Å². The number of fused-ring (bicyclic) bond motifs is 7. The van der Waals surface area contributed by atoms with Crippen LogP contribution in [0, 0.1) is 0 Å². The molecule has 0 amide bonds. The van der Waals surface area contributed by atoms with E-state index >= 15 is 0 Å². The zero-order chi connectivity index (χ0) is 31.6. The summed E-state index contributed by atoms with van der Waals surface area (Å²) >= 11 is 11.1. The van der Waals surface area contributed by atoms with Gasteiger partial charge in [0.05, 0.1) is 20.8 Å². The van der Waals surface area contributed by atoms with Gasteiger partial charge in [-0.1, -0.05) is 108 Å². The molecule has 0 spiro atoms. The highest BCUT2D eigenvalue weighted by atomic mass is 79.9. The first kappa shape index (κ1) is 31.8. The fraction of sp³-hybridized carbons (Fsp3) is 0.316. The Bertz CT molecular complexity index is 2000. The fourth-order valence-electron chi connectivity index (χ4n) is 6.15. The van der Waals surface area contributed by atoms with E-state index in [4.69, 9.17) is 19.9 Å². The number of aryl methyl sites for hydroxylation is 2. The number of rotatable bonds is 12. The summed E-state index contributed by atoms with van der Waals surface area (Å²) in [6.45, 7) is 4.55. The molecule has 0 unspecified atom stereocenters. The van der Waals surface area contributed by atoms with E-state index in [9.17, 15) is 0 Å². The summed E-state index contributed by atoms with van der Waals surface area (Å²) in [6, 6.07) is 21.3. The van der Waals surface area contributed by atoms with Gasteiger partial charge < -0.3 is 0 Å². The molecule has 0 atom stereocenters. The zero-order valence-corrected chi connectivity index (χ0v) is 31.0. The van der Waals surface area contributed by atoms with Crippen molar-refractivity contribution in [1.29, 1.82) is 0 Å². The van der Waals surface area contributed by atoms with Crippen LogP contribution in [0.15, 0.2) is 69.6 Å². The van der Waals surface area contributed by atoms with E-state index in [0.717, 1.165) is 55.3 Å². The van der Waals surface area contributed by atoms with Crippen LogP contribution in [0.5, 0.6) is 0 Å². The highest BCUT2D eigenvalue weighted by Gasteiger charge is 2.21. The van der Waals surface area contributed by atoms with Crippen molar-refractivity contribution < 1.29 is 0 Å². The molecule has 0 N–H and O–H groups in total. The number of unbranched alkanes of at least 4 members (excludes halogenated alkanes) is 6. The molecule has 0 saturated heterocycles. The number of halogens is 2. The molecule has 4 aromatic heterocycles. The van der Waals surface area contributed by atoms with Crippen molar-refractivity contribution in [3.8, 4) is 22.5 Å². The van der Waals surface area contributed by atoms with Gasteiger partial charge in [0.15, 0.2) is 11.3 Å². The van der Waals surface area contributed by atoms with Crippen LogP contribution in [0.25, 0.3) is 65.0 Å². The van der Waals surface area contributed by atoms with E-state index in [1.54, 1.807) is 0 Å². The summed E-state index contributed by atoms with van der Waals surface area (Å²) < 4.78 is 4.74. The van der Waals surface area contributed by atoms with Crippen LogP contribution < -0.4 is 0 Å². The minimum absolute atomic E-state index is 0.581. The van der Waals surface area contributed by atoms with Gasteiger partial charge in [-0.2, -0.15) is 0 Å². The third-order valence-corrected chi connectivity index (χ3v) is 12.2. The van der Waals surface area contributed by atoms with Crippen molar-refractivity contribution in [2.45, 2.75) is 78.1 Å². The van der Waals surface area contributed by atoms with Crippen molar-refractivity contribution >= 4 is 97.0 Å². The Hall–Kier alpha value is -2.78. The Morgan fingerprint density at radius 3 is 1.33 bits per heavy atom.